The number of Topliss-reactive ketones (excluding diaryl/α,β-unsaturated/α-hetero) is 1. The van der Waals surface area contributed by atoms with E-state index in [9.17, 15) is 35.4 Å². The second-order valence-electron chi connectivity index (χ2n) is 5.84. The number of rotatable bonds is 4. The Morgan fingerprint density at radius 3 is 2.08 bits per heavy atom. The van der Waals surface area contributed by atoms with E-state index in [4.69, 9.17) is 19.3 Å². The summed E-state index contributed by atoms with van der Waals surface area (Å²) in [4.78, 5) is 11.6. The molecule has 11 nitrogen and oxygen atoms in total. The third-order valence-corrected chi connectivity index (χ3v) is 4.10. The standard InChI is InChI=1S/C13H22O11/c1-3(15)10-11(7(18)8(19)12(21)23-10)24-13-9(20)6(17)5(16)4(2-14)22-13/h4-14,16-21H,2H2,1H3/t4?,5-,6?,7?,8?,9?,10?,11-,12+,13-/m0/s1. The SMILES string of the molecule is CC(=O)C1O[C@@H](O)C(O)C(O)[C@@H]1O[C@@H]1OC(CO)[C@H](O)C(O)C1O. The molecule has 2 rings (SSSR count). The van der Waals surface area contributed by atoms with Crippen molar-refractivity contribution in [1.29, 1.82) is 0 Å². The van der Waals surface area contributed by atoms with Crippen LogP contribution in [0.2, 0.25) is 0 Å². The molecule has 0 amide bonds. The zero-order chi connectivity index (χ0) is 18.2. The molecule has 0 bridgehead atoms. The Morgan fingerprint density at radius 1 is 0.917 bits per heavy atom. The van der Waals surface area contributed by atoms with Gasteiger partial charge in [-0.15, -0.1) is 0 Å². The average Bonchev–Trinajstić information content (AvgIpc) is 2.54. The minimum absolute atomic E-state index is 0.630. The summed E-state index contributed by atoms with van der Waals surface area (Å²) in [6.45, 7) is 0.414. The Hall–Kier alpha value is -0.730. The highest BCUT2D eigenvalue weighted by Gasteiger charge is 2.51. The number of ketones is 1. The van der Waals surface area contributed by atoms with Crippen molar-refractivity contribution < 1.29 is 54.8 Å². The molecule has 140 valence electrons. The van der Waals surface area contributed by atoms with E-state index in [0.717, 1.165) is 6.92 Å². The molecule has 7 N–H and O–H groups in total. The van der Waals surface area contributed by atoms with Crippen LogP contribution in [0.1, 0.15) is 6.92 Å². The van der Waals surface area contributed by atoms with Crippen LogP contribution in [-0.2, 0) is 19.0 Å². The first-order chi connectivity index (χ1) is 11.2. The molecule has 2 aliphatic rings. The number of hydrogen-bond donors (Lipinski definition) is 7. The summed E-state index contributed by atoms with van der Waals surface area (Å²) in [5.41, 5.74) is 0. The lowest BCUT2D eigenvalue weighted by atomic mass is 9.95. The zero-order valence-corrected chi connectivity index (χ0v) is 12.7. The van der Waals surface area contributed by atoms with Gasteiger partial charge in [-0.1, -0.05) is 0 Å². The quantitative estimate of drug-likeness (QED) is 0.257. The smallest absolute Gasteiger partial charge is 0.187 e. The molecule has 0 saturated carbocycles. The fraction of sp³-hybridized carbons (Fsp3) is 0.923. The van der Waals surface area contributed by atoms with Crippen LogP contribution in [0.15, 0.2) is 0 Å². The number of aliphatic hydroxyl groups excluding tert-OH is 7. The third-order valence-electron chi connectivity index (χ3n) is 4.10. The molecule has 0 aromatic carbocycles. The maximum absolute atomic E-state index is 11.6. The summed E-state index contributed by atoms with van der Waals surface area (Å²) < 4.78 is 15.3. The second-order valence-corrected chi connectivity index (χ2v) is 5.84. The number of carbonyl (C=O) groups is 1. The predicted octanol–water partition coefficient (Wildman–Crippen LogP) is -4.80. The van der Waals surface area contributed by atoms with Crippen molar-refractivity contribution in [2.75, 3.05) is 6.61 Å². The van der Waals surface area contributed by atoms with Gasteiger partial charge in [-0.05, 0) is 6.92 Å². The Balaban J connectivity index is 2.18. The van der Waals surface area contributed by atoms with Gasteiger partial charge in [0.15, 0.2) is 18.4 Å². The largest absolute Gasteiger partial charge is 0.394 e. The number of ether oxygens (including phenoxy) is 3. The maximum Gasteiger partial charge on any atom is 0.187 e. The van der Waals surface area contributed by atoms with Gasteiger partial charge in [0.05, 0.1) is 6.61 Å². The van der Waals surface area contributed by atoms with Gasteiger partial charge in [-0.2, -0.15) is 0 Å². The van der Waals surface area contributed by atoms with Gasteiger partial charge in [0.1, 0.15) is 48.8 Å². The Morgan fingerprint density at radius 2 is 1.54 bits per heavy atom. The molecule has 2 heterocycles. The van der Waals surface area contributed by atoms with Crippen molar-refractivity contribution in [1.82, 2.24) is 0 Å². The number of aliphatic hydroxyl groups is 7. The highest BCUT2D eigenvalue weighted by Crippen LogP contribution is 2.28. The monoisotopic (exact) mass is 354 g/mol. The summed E-state index contributed by atoms with van der Waals surface area (Å²) >= 11 is 0. The van der Waals surface area contributed by atoms with Crippen LogP contribution in [0.4, 0.5) is 0 Å². The molecular formula is C13H22O11. The van der Waals surface area contributed by atoms with Gasteiger partial charge in [0, 0.05) is 0 Å². The Kier molecular flexibility index (Phi) is 6.25. The zero-order valence-electron chi connectivity index (χ0n) is 12.7. The summed E-state index contributed by atoms with van der Waals surface area (Å²) in [5, 5.41) is 67.6. The van der Waals surface area contributed by atoms with Crippen molar-refractivity contribution in [2.45, 2.75) is 68.3 Å². The van der Waals surface area contributed by atoms with Crippen molar-refractivity contribution in [2.24, 2.45) is 0 Å². The van der Waals surface area contributed by atoms with E-state index in [1.807, 2.05) is 0 Å². The fourth-order valence-electron chi connectivity index (χ4n) is 2.66. The van der Waals surface area contributed by atoms with E-state index in [0.29, 0.717) is 0 Å². The van der Waals surface area contributed by atoms with Crippen molar-refractivity contribution in [3.05, 3.63) is 0 Å². The normalized spacial score (nSPS) is 49.8. The molecule has 2 fully saturated rings. The van der Waals surface area contributed by atoms with Crippen LogP contribution in [0.3, 0.4) is 0 Å². The van der Waals surface area contributed by atoms with Crippen LogP contribution in [0.25, 0.3) is 0 Å². The number of hydrogen-bond acceptors (Lipinski definition) is 11. The number of carbonyl (C=O) groups excluding carboxylic acids is 1. The molecule has 2 aliphatic heterocycles. The van der Waals surface area contributed by atoms with Crippen molar-refractivity contribution >= 4 is 5.78 Å². The lowest BCUT2D eigenvalue weighted by molar-refractivity contribution is -0.348. The van der Waals surface area contributed by atoms with Gasteiger partial charge in [0.25, 0.3) is 0 Å². The van der Waals surface area contributed by atoms with E-state index in [1.54, 1.807) is 0 Å². The first-order valence-electron chi connectivity index (χ1n) is 7.35. The van der Waals surface area contributed by atoms with Crippen molar-refractivity contribution in [3.8, 4) is 0 Å². The van der Waals surface area contributed by atoms with Crippen LogP contribution in [-0.4, -0.2) is 110 Å². The molecule has 0 aromatic heterocycles. The molecule has 6 unspecified atom stereocenters. The van der Waals surface area contributed by atoms with Gasteiger partial charge in [0.2, 0.25) is 0 Å². The summed E-state index contributed by atoms with van der Waals surface area (Å²) in [7, 11) is 0. The first kappa shape index (κ1) is 19.6. The van der Waals surface area contributed by atoms with Crippen LogP contribution in [0, 0.1) is 0 Å². The van der Waals surface area contributed by atoms with Gasteiger partial charge in [-0.25, -0.2) is 0 Å². The second kappa shape index (κ2) is 7.66. The summed E-state index contributed by atoms with van der Waals surface area (Å²) in [6.07, 6.45) is -16.3. The molecule has 0 radical (unpaired) electrons. The lowest BCUT2D eigenvalue weighted by Crippen LogP contribution is -2.64. The first-order valence-corrected chi connectivity index (χ1v) is 7.35. The Labute approximate surface area is 136 Å². The molecule has 10 atom stereocenters. The van der Waals surface area contributed by atoms with Crippen LogP contribution < -0.4 is 0 Å². The molecule has 0 aromatic rings. The van der Waals surface area contributed by atoms with E-state index >= 15 is 0 Å². The van der Waals surface area contributed by atoms with E-state index in [-0.39, 0.29) is 0 Å². The van der Waals surface area contributed by atoms with Crippen molar-refractivity contribution in [3.63, 3.8) is 0 Å². The van der Waals surface area contributed by atoms with Gasteiger partial charge >= 0.3 is 0 Å². The highest BCUT2D eigenvalue weighted by molar-refractivity contribution is 5.81. The third kappa shape index (κ3) is 3.60. The van der Waals surface area contributed by atoms with Crippen LogP contribution in [0.5, 0.6) is 0 Å². The lowest BCUT2D eigenvalue weighted by Gasteiger charge is -2.45. The van der Waals surface area contributed by atoms with E-state index in [2.05, 4.69) is 0 Å². The average molecular weight is 354 g/mol. The minimum Gasteiger partial charge on any atom is -0.394 e. The fourth-order valence-corrected chi connectivity index (χ4v) is 2.66. The summed E-state index contributed by atoms with van der Waals surface area (Å²) in [6, 6.07) is 0. The molecule has 0 aliphatic carbocycles. The van der Waals surface area contributed by atoms with E-state index in [1.165, 1.54) is 0 Å². The highest BCUT2D eigenvalue weighted by atomic mass is 16.7. The van der Waals surface area contributed by atoms with Gasteiger partial charge in [-0.3, -0.25) is 4.79 Å². The molecular weight excluding hydrogens is 332 g/mol. The van der Waals surface area contributed by atoms with Gasteiger partial charge < -0.3 is 50.0 Å². The molecule has 2 saturated heterocycles. The minimum atomic E-state index is -1.82. The molecule has 24 heavy (non-hydrogen) atoms. The predicted molar refractivity (Wildman–Crippen MR) is 72.2 cm³/mol. The topological polar surface area (TPSA) is 186 Å². The Bertz CT molecular complexity index is 444. The molecule has 11 heteroatoms. The molecule has 0 spiro atoms. The van der Waals surface area contributed by atoms with E-state index < -0.39 is 73.8 Å². The van der Waals surface area contributed by atoms with Crippen LogP contribution >= 0.6 is 0 Å². The summed E-state index contributed by atoms with van der Waals surface area (Å²) in [5.74, 6) is -0.630. The maximum atomic E-state index is 11.6.